The summed E-state index contributed by atoms with van der Waals surface area (Å²) in [5.74, 6) is -0.856. The summed E-state index contributed by atoms with van der Waals surface area (Å²) in [4.78, 5) is 10.7. The summed E-state index contributed by atoms with van der Waals surface area (Å²) in [5, 5.41) is 8.78. The third-order valence-electron chi connectivity index (χ3n) is 3.31. The molecule has 0 atom stereocenters. The van der Waals surface area contributed by atoms with Gasteiger partial charge in [-0.25, -0.2) is 4.79 Å². The minimum atomic E-state index is -0.906. The predicted octanol–water partition coefficient (Wildman–Crippen LogP) is 3.44. The molecule has 2 aromatic carbocycles. The average Bonchev–Trinajstić information content (AvgIpc) is 2.71. The van der Waals surface area contributed by atoms with E-state index in [1.54, 1.807) is 6.08 Å². The summed E-state index contributed by atoms with van der Waals surface area (Å²) in [5.41, 5.74) is 4.76. The Hall–Kier alpha value is -2.35. The van der Waals surface area contributed by atoms with Crippen LogP contribution >= 0.6 is 0 Å². The number of hydrogen-bond acceptors (Lipinski definition) is 1. The van der Waals surface area contributed by atoms with Gasteiger partial charge < -0.3 is 5.11 Å². The fraction of sp³-hybridized carbons (Fsp3) is 0.0625. The maximum absolute atomic E-state index is 10.7. The molecule has 0 saturated heterocycles. The lowest BCUT2D eigenvalue weighted by Gasteiger charge is -2.07. The van der Waals surface area contributed by atoms with Crippen LogP contribution in [0.4, 0.5) is 0 Å². The molecule has 2 aromatic rings. The SMILES string of the molecule is O=C(O)C=CC1c2ccccc2-c2ccccc21. The van der Waals surface area contributed by atoms with Crippen LogP contribution in [0.1, 0.15) is 17.0 Å². The molecule has 1 aliphatic rings. The van der Waals surface area contributed by atoms with Gasteiger partial charge in [0.05, 0.1) is 0 Å². The number of carboxylic acid groups (broad SMARTS) is 1. The molecule has 0 bridgehead atoms. The second kappa shape index (κ2) is 4.15. The van der Waals surface area contributed by atoms with E-state index in [0.29, 0.717) is 0 Å². The minimum absolute atomic E-state index is 0.0495. The molecule has 2 nitrogen and oxygen atoms in total. The van der Waals surface area contributed by atoms with Gasteiger partial charge in [-0.05, 0) is 22.3 Å². The average molecular weight is 236 g/mol. The zero-order valence-corrected chi connectivity index (χ0v) is 9.71. The van der Waals surface area contributed by atoms with Crippen molar-refractivity contribution in [1.82, 2.24) is 0 Å². The van der Waals surface area contributed by atoms with Crippen LogP contribution in [0.25, 0.3) is 11.1 Å². The van der Waals surface area contributed by atoms with Crippen molar-refractivity contribution in [3.8, 4) is 11.1 Å². The van der Waals surface area contributed by atoms with E-state index in [1.165, 1.54) is 28.3 Å². The van der Waals surface area contributed by atoms with E-state index in [1.807, 2.05) is 24.3 Å². The number of carboxylic acids is 1. The largest absolute Gasteiger partial charge is 0.478 e. The third kappa shape index (κ3) is 1.63. The van der Waals surface area contributed by atoms with Crippen molar-refractivity contribution >= 4 is 5.97 Å². The fourth-order valence-electron chi connectivity index (χ4n) is 2.58. The van der Waals surface area contributed by atoms with Crippen LogP contribution in [0, 0.1) is 0 Å². The Morgan fingerprint density at radius 3 is 1.94 bits per heavy atom. The van der Waals surface area contributed by atoms with Gasteiger partial charge in [-0.2, -0.15) is 0 Å². The second-order valence-corrected chi connectivity index (χ2v) is 4.35. The van der Waals surface area contributed by atoms with Gasteiger partial charge in [0, 0.05) is 12.0 Å². The molecule has 0 unspecified atom stereocenters. The molecule has 1 aliphatic carbocycles. The zero-order chi connectivity index (χ0) is 12.5. The number of carbonyl (C=O) groups is 1. The van der Waals surface area contributed by atoms with Gasteiger partial charge in [0.25, 0.3) is 0 Å². The Morgan fingerprint density at radius 1 is 0.944 bits per heavy atom. The molecule has 88 valence electrons. The van der Waals surface area contributed by atoms with Gasteiger partial charge in [-0.3, -0.25) is 0 Å². The van der Waals surface area contributed by atoms with Crippen molar-refractivity contribution < 1.29 is 9.90 Å². The molecule has 0 fully saturated rings. The maximum atomic E-state index is 10.7. The standard InChI is InChI=1S/C16H12O2/c17-16(18)10-9-15-13-7-3-1-5-11(13)12-6-2-4-8-14(12)15/h1-10,15H,(H,17,18). The molecular weight excluding hydrogens is 224 g/mol. The molecule has 2 heteroatoms. The molecule has 0 saturated carbocycles. The molecule has 18 heavy (non-hydrogen) atoms. The summed E-state index contributed by atoms with van der Waals surface area (Å²) in [6.45, 7) is 0. The molecule has 0 spiro atoms. The van der Waals surface area contributed by atoms with Crippen LogP contribution in [-0.4, -0.2) is 11.1 Å². The Bertz CT molecular complexity index is 596. The van der Waals surface area contributed by atoms with Crippen molar-refractivity contribution in [3.05, 3.63) is 71.8 Å². The topological polar surface area (TPSA) is 37.3 Å². The van der Waals surface area contributed by atoms with Crippen molar-refractivity contribution in [3.63, 3.8) is 0 Å². The molecule has 1 N–H and O–H groups in total. The van der Waals surface area contributed by atoms with Gasteiger partial charge in [-0.1, -0.05) is 54.6 Å². The highest BCUT2D eigenvalue weighted by atomic mass is 16.4. The Balaban J connectivity index is 2.18. The highest BCUT2D eigenvalue weighted by molar-refractivity contribution is 5.83. The number of aliphatic carboxylic acids is 1. The van der Waals surface area contributed by atoms with Crippen molar-refractivity contribution in [2.75, 3.05) is 0 Å². The molecule has 0 radical (unpaired) electrons. The maximum Gasteiger partial charge on any atom is 0.328 e. The molecule has 0 aliphatic heterocycles. The molecule has 0 aromatic heterocycles. The van der Waals surface area contributed by atoms with Gasteiger partial charge in [-0.15, -0.1) is 0 Å². The first kappa shape index (κ1) is 10.8. The van der Waals surface area contributed by atoms with Crippen LogP contribution in [0.15, 0.2) is 60.7 Å². The van der Waals surface area contributed by atoms with Gasteiger partial charge in [0.2, 0.25) is 0 Å². The normalized spacial score (nSPS) is 13.6. The van der Waals surface area contributed by atoms with E-state index in [0.717, 1.165) is 0 Å². The summed E-state index contributed by atoms with van der Waals surface area (Å²) in [7, 11) is 0. The predicted molar refractivity (Wildman–Crippen MR) is 70.5 cm³/mol. The number of allylic oxidation sites excluding steroid dienone is 1. The summed E-state index contributed by atoms with van der Waals surface area (Å²) >= 11 is 0. The minimum Gasteiger partial charge on any atom is -0.478 e. The first-order chi connectivity index (χ1) is 8.77. The Labute approximate surface area is 105 Å². The van der Waals surface area contributed by atoms with Crippen LogP contribution < -0.4 is 0 Å². The van der Waals surface area contributed by atoms with Crippen LogP contribution in [0.5, 0.6) is 0 Å². The lowest BCUT2D eigenvalue weighted by atomic mass is 9.96. The zero-order valence-electron chi connectivity index (χ0n) is 9.71. The Morgan fingerprint density at radius 2 is 1.44 bits per heavy atom. The summed E-state index contributed by atoms with van der Waals surface area (Å²) < 4.78 is 0. The summed E-state index contributed by atoms with van der Waals surface area (Å²) in [6.07, 6.45) is 2.98. The Kier molecular flexibility index (Phi) is 2.49. The fourth-order valence-corrected chi connectivity index (χ4v) is 2.58. The van der Waals surface area contributed by atoms with Gasteiger partial charge in [0.15, 0.2) is 0 Å². The van der Waals surface area contributed by atoms with E-state index in [-0.39, 0.29) is 5.92 Å². The van der Waals surface area contributed by atoms with E-state index in [4.69, 9.17) is 5.11 Å². The highest BCUT2D eigenvalue weighted by Gasteiger charge is 2.25. The first-order valence-corrected chi connectivity index (χ1v) is 5.87. The molecule has 0 heterocycles. The lowest BCUT2D eigenvalue weighted by molar-refractivity contribution is -0.131. The third-order valence-corrected chi connectivity index (χ3v) is 3.31. The number of benzene rings is 2. The number of rotatable bonds is 2. The van der Waals surface area contributed by atoms with E-state index < -0.39 is 5.97 Å². The van der Waals surface area contributed by atoms with E-state index >= 15 is 0 Å². The van der Waals surface area contributed by atoms with Crippen molar-refractivity contribution in [2.24, 2.45) is 0 Å². The quantitative estimate of drug-likeness (QED) is 0.811. The van der Waals surface area contributed by atoms with Crippen molar-refractivity contribution in [2.45, 2.75) is 5.92 Å². The van der Waals surface area contributed by atoms with Crippen LogP contribution in [0.2, 0.25) is 0 Å². The molecular formula is C16H12O2. The molecule has 0 amide bonds. The van der Waals surface area contributed by atoms with E-state index in [2.05, 4.69) is 24.3 Å². The smallest absolute Gasteiger partial charge is 0.328 e. The second-order valence-electron chi connectivity index (χ2n) is 4.35. The monoisotopic (exact) mass is 236 g/mol. The van der Waals surface area contributed by atoms with Gasteiger partial charge in [0.1, 0.15) is 0 Å². The lowest BCUT2D eigenvalue weighted by Crippen LogP contribution is -1.94. The highest BCUT2D eigenvalue weighted by Crippen LogP contribution is 2.44. The van der Waals surface area contributed by atoms with E-state index in [9.17, 15) is 4.79 Å². The van der Waals surface area contributed by atoms with Crippen LogP contribution in [0.3, 0.4) is 0 Å². The first-order valence-electron chi connectivity index (χ1n) is 5.87. The number of fused-ring (bicyclic) bond motifs is 3. The molecule has 3 rings (SSSR count). The summed E-state index contributed by atoms with van der Waals surface area (Å²) in [6, 6.07) is 16.3. The van der Waals surface area contributed by atoms with Gasteiger partial charge >= 0.3 is 5.97 Å². The number of hydrogen-bond donors (Lipinski definition) is 1. The van der Waals surface area contributed by atoms with Crippen molar-refractivity contribution in [1.29, 1.82) is 0 Å². The van der Waals surface area contributed by atoms with Crippen LogP contribution in [-0.2, 0) is 4.79 Å².